The molecule has 0 rings (SSSR count). The largest absolute Gasteiger partial charge is 1.00 e. The Morgan fingerprint density at radius 1 is 0.471 bits per heavy atom. The molecule has 0 radical (unpaired) electrons. The zero-order chi connectivity index (χ0) is 36.9. The Morgan fingerprint density at radius 3 is 1.08 bits per heavy atom. The minimum absolute atomic E-state index is 0. The summed E-state index contributed by atoms with van der Waals surface area (Å²) in [5.74, 6) is -0.418. The van der Waals surface area contributed by atoms with Crippen LogP contribution in [0.3, 0.4) is 0 Å². The molecule has 0 heterocycles. The molecule has 306 valence electrons. The van der Waals surface area contributed by atoms with Gasteiger partial charge in [0.2, 0.25) is 0 Å². The van der Waals surface area contributed by atoms with Crippen LogP contribution in [0.5, 0.6) is 0 Å². The van der Waals surface area contributed by atoms with Gasteiger partial charge in [-0.05, 0) is 77.0 Å². The van der Waals surface area contributed by atoms with Crippen LogP contribution < -0.4 is 17.0 Å². The van der Waals surface area contributed by atoms with Crippen LogP contribution in [0.2, 0.25) is 0 Å². The maximum atomic E-state index is 10.7. The molecule has 5 heteroatoms. The predicted molar refractivity (Wildman–Crippen MR) is 221 cm³/mol. The lowest BCUT2D eigenvalue weighted by Crippen LogP contribution is -3.00. The van der Waals surface area contributed by atoms with E-state index < -0.39 is 5.79 Å². The molecular formula is C46H92BrNO3. The number of allylic oxidation sites excluding steroid dienone is 4. The molecule has 1 atom stereocenters. The van der Waals surface area contributed by atoms with Crippen molar-refractivity contribution in [1.29, 1.82) is 0 Å². The summed E-state index contributed by atoms with van der Waals surface area (Å²) in [6, 6.07) is 0. The number of unbranched alkanes of at least 4 members (excludes halogenated alkanes) is 24. The molecule has 4 nitrogen and oxygen atoms in total. The predicted octanol–water partition coefficient (Wildman–Crippen LogP) is 12.1. The molecule has 0 aliphatic carbocycles. The Kier molecular flexibility index (Phi) is 41.0. The van der Waals surface area contributed by atoms with E-state index >= 15 is 0 Å². The minimum atomic E-state index is -0.599. The van der Waals surface area contributed by atoms with Gasteiger partial charge in [-0.2, -0.15) is 4.65 Å². The van der Waals surface area contributed by atoms with Gasteiger partial charge in [0.1, 0.15) is 6.54 Å². The number of hydrogen-bond donors (Lipinski definition) is 1. The molecule has 0 aliphatic rings. The molecule has 0 saturated carbocycles. The Hall–Kier alpha value is -0.200. The van der Waals surface area contributed by atoms with Gasteiger partial charge in [-0.3, -0.25) is 0 Å². The van der Waals surface area contributed by atoms with Crippen molar-refractivity contribution in [2.24, 2.45) is 5.92 Å². The average molecular weight is 787 g/mol. The van der Waals surface area contributed by atoms with Gasteiger partial charge in [0, 0.05) is 0 Å². The number of hydroxylamine groups is 3. The topological polar surface area (TPSA) is 38.7 Å². The van der Waals surface area contributed by atoms with Crippen molar-refractivity contribution in [3.8, 4) is 0 Å². The summed E-state index contributed by atoms with van der Waals surface area (Å²) in [4.78, 5) is 0. The quantitative estimate of drug-likeness (QED) is 0.0221. The molecule has 0 aliphatic heterocycles. The van der Waals surface area contributed by atoms with Gasteiger partial charge < -0.3 is 26.5 Å². The Balaban J connectivity index is 0. The van der Waals surface area contributed by atoms with Crippen molar-refractivity contribution in [2.45, 2.75) is 233 Å². The maximum absolute atomic E-state index is 10.7. The molecule has 0 fully saturated rings. The number of rotatable bonds is 40. The highest BCUT2D eigenvalue weighted by Crippen LogP contribution is 2.34. The summed E-state index contributed by atoms with van der Waals surface area (Å²) in [6.45, 7) is 11.2. The van der Waals surface area contributed by atoms with Crippen LogP contribution in [0.1, 0.15) is 227 Å². The van der Waals surface area contributed by atoms with Crippen molar-refractivity contribution in [2.75, 3.05) is 33.9 Å². The van der Waals surface area contributed by atoms with E-state index in [0.29, 0.717) is 6.54 Å². The second-order valence-electron chi connectivity index (χ2n) is 16.0. The van der Waals surface area contributed by atoms with Crippen LogP contribution in [-0.4, -0.2) is 49.5 Å². The summed E-state index contributed by atoms with van der Waals surface area (Å²) in [6.07, 6.45) is 49.4. The monoisotopic (exact) mass is 786 g/mol. The van der Waals surface area contributed by atoms with Crippen molar-refractivity contribution in [3.63, 3.8) is 0 Å². The van der Waals surface area contributed by atoms with Crippen molar-refractivity contribution >= 4 is 0 Å². The first-order chi connectivity index (χ1) is 24.3. The lowest BCUT2D eigenvalue weighted by molar-refractivity contribution is -1.08. The fourth-order valence-electron chi connectivity index (χ4n) is 7.30. The summed E-state index contributed by atoms with van der Waals surface area (Å²) >= 11 is 0. The fourth-order valence-corrected chi connectivity index (χ4v) is 7.30. The molecule has 1 unspecified atom stereocenters. The lowest BCUT2D eigenvalue weighted by atomic mass is 9.90. The van der Waals surface area contributed by atoms with Crippen LogP contribution >= 0.6 is 0 Å². The summed E-state index contributed by atoms with van der Waals surface area (Å²) in [5, 5.41) is 10.7. The van der Waals surface area contributed by atoms with Crippen LogP contribution in [0.15, 0.2) is 24.3 Å². The normalized spacial score (nSPS) is 13.1. The Bertz CT molecular complexity index is 690. The molecule has 1 N–H and O–H groups in total. The van der Waals surface area contributed by atoms with Gasteiger partial charge in [0.15, 0.2) is 5.79 Å². The van der Waals surface area contributed by atoms with Crippen LogP contribution in [-0.2, 0) is 9.47 Å². The van der Waals surface area contributed by atoms with Crippen LogP contribution in [0.25, 0.3) is 0 Å². The van der Waals surface area contributed by atoms with Gasteiger partial charge in [-0.1, -0.05) is 174 Å². The number of quaternary nitrogens is 1. The van der Waals surface area contributed by atoms with Gasteiger partial charge in [-0.25, -0.2) is 5.21 Å². The molecule has 0 saturated heterocycles. The third-order valence-electron chi connectivity index (χ3n) is 10.4. The molecule has 0 aromatic carbocycles. The van der Waals surface area contributed by atoms with Crippen molar-refractivity contribution in [1.82, 2.24) is 0 Å². The molecular weight excluding hydrogens is 694 g/mol. The average Bonchev–Trinajstić information content (AvgIpc) is 3.09. The molecule has 0 spiro atoms. The lowest BCUT2D eigenvalue weighted by Gasteiger charge is -2.41. The van der Waals surface area contributed by atoms with Crippen LogP contribution in [0.4, 0.5) is 0 Å². The number of nitrogens with zero attached hydrogens (tertiary/aromatic N) is 1. The SMILES string of the molecule is CCCCCCCC/C=C\CCCCCCCCOC(CC)(OCCCCCCCC/C=C\CCCCCCCC)C(CCC)C[N+](C)(C)O.[Br-]. The number of ether oxygens (including phenoxy) is 2. The van der Waals surface area contributed by atoms with Crippen molar-refractivity contribution in [3.05, 3.63) is 24.3 Å². The number of hydrogen-bond acceptors (Lipinski definition) is 3. The number of halogens is 1. The summed E-state index contributed by atoms with van der Waals surface area (Å²) in [5.41, 5.74) is 0. The molecule has 0 amide bonds. The molecule has 0 aromatic heterocycles. The Morgan fingerprint density at radius 2 is 0.784 bits per heavy atom. The fraction of sp³-hybridized carbons (Fsp3) is 0.913. The maximum Gasteiger partial charge on any atom is 0.176 e. The van der Waals surface area contributed by atoms with Gasteiger partial charge in [0.05, 0.1) is 33.2 Å². The third-order valence-corrected chi connectivity index (χ3v) is 10.4. The second kappa shape index (κ2) is 39.5. The van der Waals surface area contributed by atoms with Crippen molar-refractivity contribution < 1.29 is 36.3 Å². The molecule has 0 aromatic rings. The highest BCUT2D eigenvalue weighted by atomic mass is 79.9. The standard InChI is InChI=1S/C46H92NO3.BrH/c1-7-11-13-15-17-19-21-23-25-27-29-31-33-35-37-39-42-49-46(10-4,45(41-9-3)44-47(5,6)48)50-43-40-38-36-34-32-30-28-26-24-22-20-18-16-14-12-8-2;/h23-26,45,48H,7-22,27-44H2,1-6H3;1H/q+1;/p-1/b25-23-,26-24-;. The first-order valence-corrected chi connectivity index (χ1v) is 22.5. The van der Waals surface area contributed by atoms with E-state index in [0.717, 1.165) is 45.3 Å². The minimum Gasteiger partial charge on any atom is -1.00 e. The zero-order valence-electron chi connectivity index (χ0n) is 35.5. The summed E-state index contributed by atoms with van der Waals surface area (Å²) in [7, 11) is 3.75. The zero-order valence-corrected chi connectivity index (χ0v) is 37.1. The van der Waals surface area contributed by atoms with E-state index in [4.69, 9.17) is 9.47 Å². The van der Waals surface area contributed by atoms with Gasteiger partial charge in [0.25, 0.3) is 0 Å². The second-order valence-corrected chi connectivity index (χ2v) is 16.0. The van der Waals surface area contributed by atoms with E-state index in [1.165, 1.54) is 167 Å². The van der Waals surface area contributed by atoms with E-state index in [1.807, 2.05) is 14.1 Å². The van der Waals surface area contributed by atoms with Gasteiger partial charge in [-0.15, -0.1) is 0 Å². The van der Waals surface area contributed by atoms with Crippen LogP contribution in [0, 0.1) is 5.92 Å². The third kappa shape index (κ3) is 35.3. The highest BCUT2D eigenvalue weighted by Gasteiger charge is 2.42. The smallest absolute Gasteiger partial charge is 0.176 e. The molecule has 51 heavy (non-hydrogen) atoms. The first kappa shape index (κ1) is 52.9. The summed E-state index contributed by atoms with van der Waals surface area (Å²) < 4.78 is 13.4. The van der Waals surface area contributed by atoms with Gasteiger partial charge >= 0.3 is 0 Å². The van der Waals surface area contributed by atoms with E-state index in [1.54, 1.807) is 0 Å². The highest BCUT2D eigenvalue weighted by molar-refractivity contribution is 4.82. The first-order valence-electron chi connectivity index (χ1n) is 22.5. The van der Waals surface area contributed by atoms with E-state index in [2.05, 4.69) is 52.0 Å². The van der Waals surface area contributed by atoms with E-state index in [-0.39, 0.29) is 27.5 Å². The van der Waals surface area contributed by atoms with E-state index in [9.17, 15) is 5.21 Å². The molecule has 0 bridgehead atoms. The Labute approximate surface area is 331 Å².